The fraction of sp³-hybridized carbons (Fsp3) is 0.391. The number of halogens is 2. The fourth-order valence-electron chi connectivity index (χ4n) is 3.83. The monoisotopic (exact) mass is 433 g/mol. The lowest BCUT2D eigenvalue weighted by Crippen LogP contribution is -2.30. The Labute approximate surface area is 179 Å². The second-order valence-electron chi connectivity index (χ2n) is 7.65. The molecular weight excluding hydrogens is 408 g/mol. The van der Waals surface area contributed by atoms with Gasteiger partial charge >= 0.3 is 12.1 Å². The molecule has 1 N–H and O–H groups in total. The summed E-state index contributed by atoms with van der Waals surface area (Å²) in [5.74, 6) is -2.71. The Kier molecular flexibility index (Phi) is 7.94. The number of ether oxygens (including phenoxy) is 2. The summed E-state index contributed by atoms with van der Waals surface area (Å²) in [4.78, 5) is 24.7. The van der Waals surface area contributed by atoms with Gasteiger partial charge in [-0.3, -0.25) is 0 Å². The average Bonchev–Trinajstić information content (AvgIpc) is 2.76. The van der Waals surface area contributed by atoms with Gasteiger partial charge in [0.1, 0.15) is 6.61 Å². The topological polar surface area (TPSA) is 76.1 Å². The fourth-order valence-corrected chi connectivity index (χ4v) is 3.83. The van der Waals surface area contributed by atoms with E-state index in [0.29, 0.717) is 12.3 Å². The molecular formula is C23H25F2NO5. The van der Waals surface area contributed by atoms with Gasteiger partial charge in [-0.1, -0.05) is 24.6 Å². The predicted molar refractivity (Wildman–Crippen MR) is 110 cm³/mol. The molecule has 0 saturated heterocycles. The molecule has 0 aliphatic heterocycles. The van der Waals surface area contributed by atoms with Crippen LogP contribution in [0.15, 0.2) is 48.5 Å². The van der Waals surface area contributed by atoms with Gasteiger partial charge in [0, 0.05) is 6.07 Å². The lowest BCUT2D eigenvalue weighted by molar-refractivity contribution is -0.142. The summed E-state index contributed by atoms with van der Waals surface area (Å²) in [6.07, 6.45) is 2.86. The molecule has 2 aromatic carbocycles. The molecule has 1 amide bonds. The molecule has 0 radical (unpaired) electrons. The zero-order valence-corrected chi connectivity index (χ0v) is 17.0. The van der Waals surface area contributed by atoms with E-state index in [-0.39, 0.29) is 30.7 Å². The standard InChI is InChI=1S/C23H25F2NO5/c24-20-10-9-19(12-21(20)25)26(18-7-2-1-3-8-18)23(29)31-14-17-6-4-5-16(11-17)13-30-15-22(27)28/h1-3,7-10,12,16-17H,4-6,11,13-15H2,(H,27,28). The molecule has 1 saturated carbocycles. The molecule has 0 spiro atoms. The minimum Gasteiger partial charge on any atom is -0.480 e. The summed E-state index contributed by atoms with van der Waals surface area (Å²) in [6, 6.07) is 11.9. The van der Waals surface area contributed by atoms with E-state index in [0.717, 1.165) is 37.8 Å². The molecule has 2 atom stereocenters. The van der Waals surface area contributed by atoms with Crippen LogP contribution in [0.3, 0.4) is 0 Å². The van der Waals surface area contributed by atoms with Crippen LogP contribution in [0.1, 0.15) is 25.7 Å². The molecule has 31 heavy (non-hydrogen) atoms. The molecule has 1 aliphatic carbocycles. The Bertz CT molecular complexity index is 893. The zero-order valence-electron chi connectivity index (χ0n) is 17.0. The van der Waals surface area contributed by atoms with E-state index in [4.69, 9.17) is 14.6 Å². The second-order valence-corrected chi connectivity index (χ2v) is 7.65. The Morgan fingerprint density at radius 2 is 1.68 bits per heavy atom. The van der Waals surface area contributed by atoms with Crippen LogP contribution in [0, 0.1) is 23.5 Å². The molecule has 1 fully saturated rings. The molecule has 3 rings (SSSR count). The smallest absolute Gasteiger partial charge is 0.418 e. The maximum Gasteiger partial charge on any atom is 0.418 e. The number of rotatable bonds is 8. The van der Waals surface area contributed by atoms with Gasteiger partial charge in [-0.15, -0.1) is 0 Å². The molecule has 2 unspecified atom stereocenters. The Hall–Kier alpha value is -3.00. The van der Waals surface area contributed by atoms with Gasteiger partial charge < -0.3 is 14.6 Å². The number of para-hydroxylation sites is 1. The minimum absolute atomic E-state index is 0.124. The van der Waals surface area contributed by atoms with Crippen molar-refractivity contribution in [1.29, 1.82) is 0 Å². The van der Waals surface area contributed by atoms with Crippen LogP contribution in [0.4, 0.5) is 25.0 Å². The lowest BCUT2D eigenvalue weighted by atomic mass is 9.82. The first-order valence-corrected chi connectivity index (χ1v) is 10.2. The molecule has 8 heteroatoms. The van der Waals surface area contributed by atoms with Gasteiger partial charge in [0.05, 0.1) is 24.6 Å². The van der Waals surface area contributed by atoms with Crippen molar-refractivity contribution in [2.45, 2.75) is 25.7 Å². The third-order valence-corrected chi connectivity index (χ3v) is 5.27. The number of hydrogen-bond acceptors (Lipinski definition) is 4. The molecule has 0 heterocycles. The summed E-state index contributed by atoms with van der Waals surface area (Å²) >= 11 is 0. The molecule has 1 aliphatic rings. The summed E-state index contributed by atoms with van der Waals surface area (Å²) in [5, 5.41) is 8.68. The number of nitrogens with zero attached hydrogens (tertiary/aromatic N) is 1. The molecule has 0 aromatic heterocycles. The number of anilines is 2. The SMILES string of the molecule is O=C(O)COCC1CCCC(COC(=O)N(c2ccccc2)c2ccc(F)c(F)c2)C1. The number of carbonyl (C=O) groups excluding carboxylic acids is 1. The second kappa shape index (κ2) is 10.9. The van der Waals surface area contributed by atoms with Crippen LogP contribution in [0.25, 0.3) is 0 Å². The van der Waals surface area contributed by atoms with Crippen molar-refractivity contribution in [3.63, 3.8) is 0 Å². The Morgan fingerprint density at radius 3 is 2.35 bits per heavy atom. The van der Waals surface area contributed by atoms with E-state index in [1.54, 1.807) is 30.3 Å². The molecule has 2 aromatic rings. The van der Waals surface area contributed by atoms with Crippen molar-refractivity contribution in [3.05, 3.63) is 60.2 Å². The number of carboxylic acids is 1. The van der Waals surface area contributed by atoms with Crippen LogP contribution in [0.2, 0.25) is 0 Å². The first-order valence-electron chi connectivity index (χ1n) is 10.2. The molecule has 166 valence electrons. The van der Waals surface area contributed by atoms with Crippen LogP contribution >= 0.6 is 0 Å². The van der Waals surface area contributed by atoms with Gasteiger partial charge in [-0.25, -0.2) is 23.3 Å². The zero-order chi connectivity index (χ0) is 22.2. The summed E-state index contributed by atoms with van der Waals surface area (Å²) in [6.45, 7) is 0.222. The highest BCUT2D eigenvalue weighted by molar-refractivity contribution is 5.95. The van der Waals surface area contributed by atoms with Gasteiger partial charge in [0.25, 0.3) is 0 Å². The number of amides is 1. The van der Waals surface area contributed by atoms with Crippen LogP contribution in [-0.2, 0) is 14.3 Å². The van der Waals surface area contributed by atoms with Crippen LogP contribution < -0.4 is 4.90 Å². The van der Waals surface area contributed by atoms with E-state index in [1.807, 2.05) is 0 Å². The lowest BCUT2D eigenvalue weighted by Gasteiger charge is -2.29. The number of aliphatic carboxylic acids is 1. The maximum absolute atomic E-state index is 13.8. The van der Waals surface area contributed by atoms with Gasteiger partial charge in [0.2, 0.25) is 0 Å². The van der Waals surface area contributed by atoms with E-state index < -0.39 is 23.7 Å². The average molecular weight is 433 g/mol. The van der Waals surface area contributed by atoms with E-state index >= 15 is 0 Å². The summed E-state index contributed by atoms with van der Waals surface area (Å²) < 4.78 is 37.9. The maximum atomic E-state index is 13.8. The van der Waals surface area contributed by atoms with E-state index in [1.165, 1.54) is 11.0 Å². The van der Waals surface area contributed by atoms with Crippen LogP contribution in [-0.4, -0.2) is 37.0 Å². The van der Waals surface area contributed by atoms with Gasteiger partial charge in [0.15, 0.2) is 11.6 Å². The normalized spacial score (nSPS) is 18.4. The highest BCUT2D eigenvalue weighted by atomic mass is 19.2. The van der Waals surface area contributed by atoms with Crippen molar-refractivity contribution in [2.75, 3.05) is 24.7 Å². The van der Waals surface area contributed by atoms with Crippen molar-refractivity contribution in [2.24, 2.45) is 11.8 Å². The molecule has 0 bridgehead atoms. The largest absolute Gasteiger partial charge is 0.480 e. The number of carbonyl (C=O) groups is 2. The third kappa shape index (κ3) is 6.49. The Morgan fingerprint density at radius 1 is 0.968 bits per heavy atom. The number of benzene rings is 2. The van der Waals surface area contributed by atoms with Crippen LogP contribution in [0.5, 0.6) is 0 Å². The van der Waals surface area contributed by atoms with Crippen molar-refractivity contribution in [3.8, 4) is 0 Å². The number of hydrogen-bond donors (Lipinski definition) is 1. The first-order chi connectivity index (χ1) is 14.9. The quantitative estimate of drug-likeness (QED) is 0.623. The highest BCUT2D eigenvalue weighted by Crippen LogP contribution is 2.31. The summed E-state index contributed by atoms with van der Waals surface area (Å²) in [5.41, 5.74) is 0.640. The van der Waals surface area contributed by atoms with Crippen molar-refractivity contribution < 1.29 is 33.0 Å². The van der Waals surface area contributed by atoms with E-state index in [2.05, 4.69) is 0 Å². The Balaban J connectivity index is 1.64. The van der Waals surface area contributed by atoms with Gasteiger partial charge in [-0.2, -0.15) is 0 Å². The van der Waals surface area contributed by atoms with E-state index in [9.17, 15) is 18.4 Å². The minimum atomic E-state index is -1.05. The first kappa shape index (κ1) is 22.7. The predicted octanol–water partition coefficient (Wildman–Crippen LogP) is 5.15. The van der Waals surface area contributed by atoms with Crippen molar-refractivity contribution in [1.82, 2.24) is 0 Å². The van der Waals surface area contributed by atoms with Crippen molar-refractivity contribution >= 4 is 23.4 Å². The number of carboxylic acid groups (broad SMARTS) is 1. The third-order valence-electron chi connectivity index (χ3n) is 5.27. The highest BCUT2D eigenvalue weighted by Gasteiger charge is 2.26. The summed E-state index contributed by atoms with van der Waals surface area (Å²) in [7, 11) is 0. The molecule has 6 nitrogen and oxygen atoms in total. The van der Waals surface area contributed by atoms with Gasteiger partial charge in [-0.05, 0) is 55.4 Å².